The molecule has 2 aromatic rings. The second-order valence-electron chi connectivity index (χ2n) is 15.2. The number of aryl methyl sites for hydroxylation is 2. The Balaban J connectivity index is 2.70. The highest BCUT2D eigenvalue weighted by Gasteiger charge is 2.39. The molecule has 11 heteroatoms. The molecule has 0 aliphatic rings. The van der Waals surface area contributed by atoms with Crippen LogP contribution in [-0.2, 0) is 35.1 Å². The van der Waals surface area contributed by atoms with Gasteiger partial charge in [-0.05, 0) is 84.1 Å². The number of hydrogen-bond acceptors (Lipinski definition) is 7. The third kappa shape index (κ3) is 15.2. The lowest BCUT2D eigenvalue weighted by Gasteiger charge is -2.36. The summed E-state index contributed by atoms with van der Waals surface area (Å²) in [6.45, 7) is 16.3. The van der Waals surface area contributed by atoms with E-state index in [1.165, 1.54) is 4.90 Å². The van der Waals surface area contributed by atoms with Gasteiger partial charge in [0, 0.05) is 13.0 Å². The number of alkyl carbamates (subject to hydrolysis) is 1. The van der Waals surface area contributed by atoms with Crippen molar-refractivity contribution < 1.29 is 33.4 Å². The zero-order valence-electron chi connectivity index (χ0n) is 32.1. The van der Waals surface area contributed by atoms with Crippen molar-refractivity contribution in [3.05, 3.63) is 70.8 Å². The van der Waals surface area contributed by atoms with Gasteiger partial charge in [-0.3, -0.25) is 14.4 Å². The van der Waals surface area contributed by atoms with E-state index >= 15 is 0 Å². The molecule has 0 saturated heterocycles. The Morgan fingerprint density at radius 2 is 1.31 bits per heavy atom. The number of amides is 4. The zero-order chi connectivity index (χ0) is 38.4. The van der Waals surface area contributed by atoms with Crippen molar-refractivity contribution in [1.82, 2.24) is 15.5 Å². The van der Waals surface area contributed by atoms with Gasteiger partial charge in [-0.15, -0.1) is 0 Å². The van der Waals surface area contributed by atoms with Crippen LogP contribution in [0, 0.1) is 13.8 Å². The molecule has 3 atom stereocenters. The summed E-state index contributed by atoms with van der Waals surface area (Å²) in [5.41, 5.74) is 6.77. The lowest BCUT2D eigenvalue weighted by atomic mass is 9.92. The summed E-state index contributed by atoms with van der Waals surface area (Å²) in [6.07, 6.45) is 4.22. The van der Waals surface area contributed by atoms with Gasteiger partial charge in [0.25, 0.3) is 0 Å². The Hall–Kier alpha value is -4.41. The number of carbonyl (C=O) groups excluding carboxylic acids is 5. The van der Waals surface area contributed by atoms with E-state index in [1.807, 2.05) is 62.4 Å². The van der Waals surface area contributed by atoms with Crippen LogP contribution in [0.4, 0.5) is 4.79 Å². The van der Waals surface area contributed by atoms with E-state index in [-0.39, 0.29) is 13.0 Å². The van der Waals surface area contributed by atoms with E-state index in [1.54, 1.807) is 41.5 Å². The zero-order valence-corrected chi connectivity index (χ0v) is 32.1. The number of carbonyl (C=O) groups is 5. The van der Waals surface area contributed by atoms with Gasteiger partial charge in [0.05, 0.1) is 6.42 Å². The number of primary amides is 1. The van der Waals surface area contributed by atoms with Crippen molar-refractivity contribution >= 4 is 29.8 Å². The highest BCUT2D eigenvalue weighted by atomic mass is 16.6. The Morgan fingerprint density at radius 3 is 1.86 bits per heavy atom. The molecule has 0 aliphatic heterocycles. The third-order valence-electron chi connectivity index (χ3n) is 8.10. The first-order valence-electron chi connectivity index (χ1n) is 18.0. The monoisotopic (exact) mass is 708 g/mol. The van der Waals surface area contributed by atoms with E-state index in [9.17, 15) is 24.0 Å². The van der Waals surface area contributed by atoms with Crippen molar-refractivity contribution in [1.29, 1.82) is 0 Å². The molecule has 3 unspecified atom stereocenters. The van der Waals surface area contributed by atoms with E-state index in [0.717, 1.165) is 48.8 Å². The Labute approximate surface area is 304 Å². The molecule has 0 spiro atoms. The van der Waals surface area contributed by atoms with Gasteiger partial charge in [0.15, 0.2) is 0 Å². The number of nitrogens with two attached hydrogens (primary N) is 1. The van der Waals surface area contributed by atoms with Crippen LogP contribution in [0.25, 0.3) is 0 Å². The van der Waals surface area contributed by atoms with Crippen LogP contribution in [0.5, 0.6) is 0 Å². The van der Waals surface area contributed by atoms with Gasteiger partial charge < -0.3 is 30.7 Å². The summed E-state index contributed by atoms with van der Waals surface area (Å²) < 4.78 is 11.2. The molecule has 0 aromatic heterocycles. The van der Waals surface area contributed by atoms with Crippen LogP contribution in [0.3, 0.4) is 0 Å². The molecular weight excluding hydrogens is 648 g/mol. The molecule has 0 bridgehead atoms. The highest BCUT2D eigenvalue weighted by Crippen LogP contribution is 2.30. The lowest BCUT2D eigenvalue weighted by molar-refractivity contribution is -0.159. The summed E-state index contributed by atoms with van der Waals surface area (Å²) >= 11 is 0. The summed E-state index contributed by atoms with van der Waals surface area (Å²) in [6, 6.07) is 11.1. The Bertz CT molecular complexity index is 1440. The fourth-order valence-electron chi connectivity index (χ4n) is 5.83. The maximum absolute atomic E-state index is 14.8. The molecule has 0 fully saturated rings. The van der Waals surface area contributed by atoms with Crippen LogP contribution in [-0.4, -0.2) is 64.5 Å². The molecule has 2 aromatic carbocycles. The number of rotatable bonds is 18. The van der Waals surface area contributed by atoms with Gasteiger partial charge in [0.2, 0.25) is 17.7 Å². The topological polar surface area (TPSA) is 157 Å². The number of esters is 1. The van der Waals surface area contributed by atoms with Crippen molar-refractivity contribution in [3.8, 4) is 0 Å². The van der Waals surface area contributed by atoms with Gasteiger partial charge in [-0.25, -0.2) is 9.59 Å². The van der Waals surface area contributed by atoms with Crippen molar-refractivity contribution in [2.24, 2.45) is 5.73 Å². The summed E-state index contributed by atoms with van der Waals surface area (Å²) in [5.74, 6) is -2.71. The minimum atomic E-state index is -1.41. The number of nitrogens with zero attached hydrogens (tertiary/aromatic N) is 1. The molecule has 0 aliphatic carbocycles. The third-order valence-corrected chi connectivity index (χ3v) is 8.10. The maximum Gasteiger partial charge on any atom is 0.408 e. The number of ether oxygens (including phenoxy) is 2. The molecule has 0 saturated carbocycles. The molecular formula is C40H60N4O7. The molecule has 4 N–H and O–H groups in total. The predicted molar refractivity (Wildman–Crippen MR) is 199 cm³/mol. The average Bonchev–Trinajstić information content (AvgIpc) is 3.00. The lowest BCUT2D eigenvalue weighted by Crippen LogP contribution is -2.56. The van der Waals surface area contributed by atoms with E-state index in [0.29, 0.717) is 12.0 Å². The Morgan fingerprint density at radius 1 is 0.745 bits per heavy atom. The van der Waals surface area contributed by atoms with Crippen LogP contribution in [0.1, 0.15) is 122 Å². The first-order valence-corrected chi connectivity index (χ1v) is 18.0. The molecule has 11 nitrogen and oxygen atoms in total. The largest absolute Gasteiger partial charge is 0.458 e. The van der Waals surface area contributed by atoms with Crippen molar-refractivity contribution in [2.75, 3.05) is 6.54 Å². The van der Waals surface area contributed by atoms with Gasteiger partial charge in [-0.1, -0.05) is 87.6 Å². The fourth-order valence-corrected chi connectivity index (χ4v) is 5.83. The highest BCUT2D eigenvalue weighted by molar-refractivity contribution is 5.96. The van der Waals surface area contributed by atoms with Crippen LogP contribution < -0.4 is 16.4 Å². The first kappa shape index (κ1) is 42.8. The number of benzene rings is 2. The van der Waals surface area contributed by atoms with Crippen LogP contribution in [0.2, 0.25) is 0 Å². The summed E-state index contributed by atoms with van der Waals surface area (Å²) in [5, 5.41) is 5.47. The van der Waals surface area contributed by atoms with E-state index in [4.69, 9.17) is 15.2 Å². The smallest absolute Gasteiger partial charge is 0.408 e. The minimum Gasteiger partial charge on any atom is -0.458 e. The first-order chi connectivity index (χ1) is 23.8. The molecule has 282 valence electrons. The molecule has 0 radical (unpaired) electrons. The fraction of sp³-hybridized carbons (Fsp3) is 0.575. The standard InChI is InChI=1S/C40H60N4O7/c1-10-11-12-13-14-18-24-44(36(47)30(26-32(41)45)43-38(49)51-40(7,8)9)34(33-27(2)20-19-21-28(33)3)35(46)42-31(37(48)50-39(4,5)6)25-29-22-16-15-17-23-29/h15-17,19-23,30-31,34H,10-14,18,24-26H2,1-9H3,(H2,41,45)(H,42,46)(H,43,49). The van der Waals surface area contributed by atoms with Crippen LogP contribution in [0.15, 0.2) is 48.5 Å². The molecule has 4 amide bonds. The number of hydrogen-bond donors (Lipinski definition) is 3. The second kappa shape index (κ2) is 19.8. The predicted octanol–water partition coefficient (Wildman–Crippen LogP) is 6.37. The Kier molecular flexibility index (Phi) is 16.6. The minimum absolute atomic E-state index is 0.137. The van der Waals surface area contributed by atoms with Crippen LogP contribution >= 0.6 is 0 Å². The van der Waals surface area contributed by atoms with Crippen molar-refractivity contribution in [2.45, 2.75) is 143 Å². The van der Waals surface area contributed by atoms with Gasteiger partial charge >= 0.3 is 12.1 Å². The quantitative estimate of drug-likeness (QED) is 0.120. The second-order valence-corrected chi connectivity index (χ2v) is 15.2. The summed E-state index contributed by atoms with van der Waals surface area (Å²) in [7, 11) is 0. The van der Waals surface area contributed by atoms with Gasteiger partial charge in [-0.2, -0.15) is 0 Å². The number of nitrogens with one attached hydrogen (secondary N) is 2. The average molecular weight is 709 g/mol. The molecule has 2 rings (SSSR count). The van der Waals surface area contributed by atoms with Gasteiger partial charge in [0.1, 0.15) is 29.3 Å². The normalized spacial score (nSPS) is 13.4. The maximum atomic E-state index is 14.8. The van der Waals surface area contributed by atoms with E-state index in [2.05, 4.69) is 17.6 Å². The summed E-state index contributed by atoms with van der Waals surface area (Å²) in [4.78, 5) is 69.7. The molecule has 51 heavy (non-hydrogen) atoms. The number of unbranched alkanes of at least 4 members (excludes halogenated alkanes) is 5. The molecule has 0 heterocycles. The SMILES string of the molecule is CCCCCCCCN(C(=O)C(CC(N)=O)NC(=O)OC(C)(C)C)C(C(=O)NC(Cc1ccccc1)C(=O)OC(C)(C)C)c1c(C)cccc1C. The van der Waals surface area contributed by atoms with E-state index < -0.39 is 65.5 Å². The van der Waals surface area contributed by atoms with Crippen molar-refractivity contribution in [3.63, 3.8) is 0 Å².